The van der Waals surface area contributed by atoms with Crippen LogP contribution in [0, 0.1) is 11.8 Å². The van der Waals surface area contributed by atoms with Gasteiger partial charge in [-0.2, -0.15) is 0 Å². The molecule has 4 heteroatoms. The Morgan fingerprint density at radius 1 is 1.19 bits per heavy atom. The fourth-order valence-electron chi connectivity index (χ4n) is 2.76. The third-order valence-electron chi connectivity index (χ3n) is 4.03. The maximum Gasteiger partial charge on any atom is 0.220 e. The molecule has 0 aromatic rings. The molecule has 0 aliphatic carbocycles. The molecule has 21 heavy (non-hydrogen) atoms. The van der Waals surface area contributed by atoms with E-state index in [0.29, 0.717) is 24.8 Å². The zero-order valence-corrected chi connectivity index (χ0v) is 14.8. The second-order valence-electron chi connectivity index (χ2n) is 6.57. The molecule has 0 aromatic carbocycles. The Hall–Kier alpha value is -0.610. The highest BCUT2D eigenvalue weighted by atomic mass is 16.1. The molecule has 0 aromatic heterocycles. The topological polar surface area (TPSA) is 58.4 Å². The van der Waals surface area contributed by atoms with E-state index in [0.717, 1.165) is 38.9 Å². The van der Waals surface area contributed by atoms with Gasteiger partial charge in [-0.15, -0.1) is 0 Å². The minimum absolute atomic E-state index is 0.154. The highest BCUT2D eigenvalue weighted by molar-refractivity contribution is 5.76. The van der Waals surface area contributed by atoms with Crippen LogP contribution in [0.15, 0.2) is 0 Å². The number of hydrogen-bond donors (Lipinski definition) is 2. The summed E-state index contributed by atoms with van der Waals surface area (Å²) in [4.78, 5) is 14.5. The van der Waals surface area contributed by atoms with Gasteiger partial charge < -0.3 is 16.0 Å². The third-order valence-corrected chi connectivity index (χ3v) is 4.03. The zero-order chi connectivity index (χ0) is 16.3. The van der Waals surface area contributed by atoms with E-state index in [2.05, 4.69) is 44.8 Å². The van der Waals surface area contributed by atoms with E-state index in [1.807, 2.05) is 0 Å². The summed E-state index contributed by atoms with van der Waals surface area (Å²) in [6.45, 7) is 14.8. The molecule has 0 radical (unpaired) electrons. The highest BCUT2D eigenvalue weighted by Gasteiger charge is 2.15. The molecule has 3 N–H and O–H groups in total. The third kappa shape index (κ3) is 10.7. The Labute approximate surface area is 131 Å². The molecule has 0 aliphatic rings. The zero-order valence-electron chi connectivity index (χ0n) is 14.8. The summed E-state index contributed by atoms with van der Waals surface area (Å²) in [6, 6.07) is 0.255. The smallest absolute Gasteiger partial charge is 0.220 e. The number of nitrogens with one attached hydrogen (secondary N) is 1. The van der Waals surface area contributed by atoms with Gasteiger partial charge in [-0.25, -0.2) is 0 Å². The van der Waals surface area contributed by atoms with Gasteiger partial charge in [-0.3, -0.25) is 4.79 Å². The molecule has 0 bridgehead atoms. The molecule has 4 nitrogen and oxygen atoms in total. The van der Waals surface area contributed by atoms with E-state index in [1.54, 1.807) is 0 Å². The molecule has 0 fully saturated rings. The van der Waals surface area contributed by atoms with Crippen molar-refractivity contribution >= 4 is 5.91 Å². The molecule has 0 heterocycles. The Balaban J connectivity index is 3.92. The van der Waals surface area contributed by atoms with Crippen LogP contribution < -0.4 is 11.1 Å². The standard InChI is InChI=1S/C17H37N3O/c1-6-20(7-2)10-8-9-15(5)19-17(21)12-16(13-18)11-14(3)4/h14-16H,6-13,18H2,1-5H3,(H,19,21). The summed E-state index contributed by atoms with van der Waals surface area (Å²) in [6.07, 6.45) is 3.77. The van der Waals surface area contributed by atoms with Gasteiger partial charge in [-0.05, 0) is 64.2 Å². The number of amides is 1. The molecule has 2 atom stereocenters. The van der Waals surface area contributed by atoms with Crippen molar-refractivity contribution < 1.29 is 4.79 Å². The maximum atomic E-state index is 12.0. The second kappa shape index (κ2) is 12.0. The Morgan fingerprint density at radius 3 is 2.29 bits per heavy atom. The van der Waals surface area contributed by atoms with Crippen LogP contribution in [0.25, 0.3) is 0 Å². The van der Waals surface area contributed by atoms with Crippen LogP contribution in [0.4, 0.5) is 0 Å². The quantitative estimate of drug-likeness (QED) is 0.582. The van der Waals surface area contributed by atoms with Crippen LogP contribution in [0.1, 0.15) is 60.3 Å². The van der Waals surface area contributed by atoms with Crippen molar-refractivity contribution in [1.82, 2.24) is 10.2 Å². The van der Waals surface area contributed by atoms with Crippen molar-refractivity contribution in [1.29, 1.82) is 0 Å². The predicted octanol–water partition coefficient (Wildman–Crippen LogP) is 2.62. The fraction of sp³-hybridized carbons (Fsp3) is 0.941. The minimum Gasteiger partial charge on any atom is -0.354 e. The number of nitrogens with two attached hydrogens (primary N) is 1. The minimum atomic E-state index is 0.154. The molecular weight excluding hydrogens is 262 g/mol. The van der Waals surface area contributed by atoms with E-state index in [-0.39, 0.29) is 11.9 Å². The summed E-state index contributed by atoms with van der Waals surface area (Å²) in [5.74, 6) is 1.06. The molecule has 126 valence electrons. The normalized spacial score (nSPS) is 14.5. The summed E-state index contributed by atoms with van der Waals surface area (Å²) in [7, 11) is 0. The SMILES string of the molecule is CCN(CC)CCCC(C)NC(=O)CC(CN)CC(C)C. The summed E-state index contributed by atoms with van der Waals surface area (Å²) in [5, 5.41) is 3.11. The van der Waals surface area contributed by atoms with E-state index in [4.69, 9.17) is 5.73 Å². The number of carbonyl (C=O) groups excluding carboxylic acids is 1. The predicted molar refractivity (Wildman–Crippen MR) is 91.2 cm³/mol. The van der Waals surface area contributed by atoms with Crippen molar-refractivity contribution in [2.24, 2.45) is 17.6 Å². The highest BCUT2D eigenvalue weighted by Crippen LogP contribution is 2.14. The lowest BCUT2D eigenvalue weighted by molar-refractivity contribution is -0.122. The van der Waals surface area contributed by atoms with Gasteiger partial charge in [0, 0.05) is 12.5 Å². The average molecular weight is 300 g/mol. The van der Waals surface area contributed by atoms with Gasteiger partial charge in [0.25, 0.3) is 0 Å². The first-order chi connectivity index (χ1) is 9.92. The fourth-order valence-corrected chi connectivity index (χ4v) is 2.76. The molecular formula is C17H37N3O. The Kier molecular flexibility index (Phi) is 11.6. The van der Waals surface area contributed by atoms with Gasteiger partial charge in [0.15, 0.2) is 0 Å². The van der Waals surface area contributed by atoms with Crippen molar-refractivity contribution in [2.45, 2.75) is 66.3 Å². The molecule has 0 saturated heterocycles. The lowest BCUT2D eigenvalue weighted by Gasteiger charge is -2.21. The maximum absolute atomic E-state index is 12.0. The first-order valence-electron chi connectivity index (χ1n) is 8.64. The van der Waals surface area contributed by atoms with E-state index < -0.39 is 0 Å². The average Bonchev–Trinajstić information content (AvgIpc) is 2.42. The first-order valence-corrected chi connectivity index (χ1v) is 8.64. The van der Waals surface area contributed by atoms with Crippen molar-refractivity contribution in [3.05, 3.63) is 0 Å². The van der Waals surface area contributed by atoms with Crippen molar-refractivity contribution in [3.8, 4) is 0 Å². The molecule has 0 spiro atoms. The Bertz CT molecular complexity index is 265. The number of rotatable bonds is 12. The number of nitrogens with zero attached hydrogens (tertiary/aromatic N) is 1. The van der Waals surface area contributed by atoms with Crippen LogP contribution in [-0.4, -0.2) is 43.0 Å². The van der Waals surface area contributed by atoms with Gasteiger partial charge >= 0.3 is 0 Å². The van der Waals surface area contributed by atoms with Crippen LogP contribution in [0.2, 0.25) is 0 Å². The van der Waals surface area contributed by atoms with Gasteiger partial charge in [-0.1, -0.05) is 27.7 Å². The van der Waals surface area contributed by atoms with Gasteiger partial charge in [0.1, 0.15) is 0 Å². The van der Waals surface area contributed by atoms with E-state index in [1.165, 1.54) is 0 Å². The van der Waals surface area contributed by atoms with Crippen LogP contribution >= 0.6 is 0 Å². The monoisotopic (exact) mass is 299 g/mol. The lowest BCUT2D eigenvalue weighted by atomic mass is 9.94. The summed E-state index contributed by atoms with van der Waals surface area (Å²) >= 11 is 0. The summed E-state index contributed by atoms with van der Waals surface area (Å²) < 4.78 is 0. The van der Waals surface area contributed by atoms with Crippen molar-refractivity contribution in [3.63, 3.8) is 0 Å². The molecule has 0 rings (SSSR count). The van der Waals surface area contributed by atoms with Crippen LogP contribution in [-0.2, 0) is 4.79 Å². The molecule has 0 aliphatic heterocycles. The largest absolute Gasteiger partial charge is 0.354 e. The van der Waals surface area contributed by atoms with E-state index in [9.17, 15) is 4.79 Å². The molecule has 1 amide bonds. The number of hydrogen-bond acceptors (Lipinski definition) is 3. The number of carbonyl (C=O) groups is 1. The van der Waals surface area contributed by atoms with Gasteiger partial charge in [0.05, 0.1) is 0 Å². The Morgan fingerprint density at radius 2 is 1.81 bits per heavy atom. The first kappa shape index (κ1) is 20.4. The lowest BCUT2D eigenvalue weighted by Crippen LogP contribution is -2.35. The second-order valence-corrected chi connectivity index (χ2v) is 6.57. The molecule has 0 saturated carbocycles. The van der Waals surface area contributed by atoms with Crippen molar-refractivity contribution in [2.75, 3.05) is 26.2 Å². The van der Waals surface area contributed by atoms with E-state index >= 15 is 0 Å². The summed E-state index contributed by atoms with van der Waals surface area (Å²) in [5.41, 5.74) is 5.76. The van der Waals surface area contributed by atoms with Crippen LogP contribution in [0.3, 0.4) is 0 Å². The molecule has 2 unspecified atom stereocenters. The van der Waals surface area contributed by atoms with Gasteiger partial charge in [0.2, 0.25) is 5.91 Å². The van der Waals surface area contributed by atoms with Crippen LogP contribution in [0.5, 0.6) is 0 Å².